The zero-order valence-electron chi connectivity index (χ0n) is 29.3. The fourth-order valence-corrected chi connectivity index (χ4v) is 6.62. The number of nitrogens with one attached hydrogen (secondary N) is 1. The normalized spacial score (nSPS) is 38.9. The SMILES string of the molecule is CN[C@@H]1[C@H](O[C@H]2[C@H](O[C@H]3[C@H](O)[C@@H](O)[C@H](N=C(N)N)[C@@H](O)[C@@H]3N=C(N)N)O[C@@H](C)[C@]2(O)C=O)O[C@@H](CO)[C@H](O)[C@H]1O.Cc1cc(O)c2c(c1)C(=O)C=CC2=O. The molecular formula is C32H47N7O15. The molecule has 1 saturated carbocycles. The maximum atomic E-state index is 12.1. The number of fused-ring (bicyclic) bond motifs is 1. The summed E-state index contributed by atoms with van der Waals surface area (Å²) in [6, 6.07) is -0.996. The maximum Gasteiger partial charge on any atom is 0.190 e. The number of guanidine groups is 2. The number of hydrogen-bond acceptors (Lipinski definition) is 18. The summed E-state index contributed by atoms with van der Waals surface area (Å²) in [6.45, 7) is 2.38. The number of likely N-dealkylation sites (N-methyl/N-ethyl adjacent to an activating group) is 1. The molecular weight excluding hydrogens is 722 g/mol. The van der Waals surface area contributed by atoms with Crippen LogP contribution in [0.2, 0.25) is 0 Å². The third-order valence-electron chi connectivity index (χ3n) is 9.50. The lowest BCUT2D eigenvalue weighted by molar-refractivity contribution is -0.314. The summed E-state index contributed by atoms with van der Waals surface area (Å²) in [5.41, 5.74) is 20.5. The standard InChI is InChI=1S/C21H39N7O12.C11H8O3/c1-5-21(36,4-30)16(40-17-9(26-2)13(34)10(31)6(3-29)38-17)18(37-5)39-15-8(28-20(24)25)11(32)7(27-19(22)23)12(33)14(15)35;1-6-4-7-8(12)2-3-9(13)11(7)10(14)5-6/h4-18,26,29,31-36H,3H2,1-2H3,(H4,22,23,27)(H4,24,25,28);2-5,14H,1H3/t5-,6-,7+,8-,9-,10-,11+,12-,13-,14+,15+,16-,17-,18-,21+;/m0./s1. The van der Waals surface area contributed by atoms with Gasteiger partial charge >= 0.3 is 0 Å². The number of hydrogen-bond donors (Lipinski definition) is 13. The zero-order valence-corrected chi connectivity index (χ0v) is 29.3. The van der Waals surface area contributed by atoms with Gasteiger partial charge in [0.1, 0.15) is 66.7 Å². The van der Waals surface area contributed by atoms with Crippen molar-refractivity contribution >= 4 is 29.8 Å². The summed E-state index contributed by atoms with van der Waals surface area (Å²) in [6.07, 6.45) is -14.9. The van der Waals surface area contributed by atoms with E-state index in [2.05, 4.69) is 15.3 Å². The fraction of sp³-hybridized carbons (Fsp3) is 0.594. The highest BCUT2D eigenvalue weighted by molar-refractivity contribution is 6.23. The van der Waals surface area contributed by atoms with Crippen molar-refractivity contribution in [2.75, 3.05) is 13.7 Å². The van der Waals surface area contributed by atoms with Crippen LogP contribution in [0.5, 0.6) is 5.75 Å². The van der Waals surface area contributed by atoms with Gasteiger partial charge in [-0.1, -0.05) is 0 Å². The predicted molar refractivity (Wildman–Crippen MR) is 184 cm³/mol. The van der Waals surface area contributed by atoms with Crippen molar-refractivity contribution in [2.45, 2.75) is 105 Å². The lowest BCUT2D eigenvalue weighted by Gasteiger charge is -2.45. The maximum absolute atomic E-state index is 12.1. The van der Waals surface area contributed by atoms with Crippen LogP contribution < -0.4 is 28.3 Å². The van der Waals surface area contributed by atoms with Gasteiger partial charge in [-0.05, 0) is 50.7 Å². The van der Waals surface area contributed by atoms with E-state index in [1.165, 1.54) is 32.2 Å². The number of aliphatic imine (C=N–C) groups is 2. The Morgan fingerprint density at radius 2 is 1.50 bits per heavy atom. The minimum absolute atomic E-state index is 0.114. The molecule has 0 spiro atoms. The number of nitrogens with two attached hydrogens (primary N) is 4. The van der Waals surface area contributed by atoms with Crippen molar-refractivity contribution in [2.24, 2.45) is 32.9 Å². The molecule has 2 aliphatic heterocycles. The predicted octanol–water partition coefficient (Wildman–Crippen LogP) is -6.53. The van der Waals surface area contributed by atoms with E-state index in [4.69, 9.17) is 41.9 Å². The van der Waals surface area contributed by atoms with Gasteiger partial charge in [0.15, 0.2) is 48.0 Å². The number of benzene rings is 1. The molecule has 4 aliphatic rings. The molecule has 300 valence electrons. The van der Waals surface area contributed by atoms with Gasteiger partial charge in [0.05, 0.1) is 24.3 Å². The molecule has 0 unspecified atom stereocenters. The number of aryl methyl sites for hydroxylation is 1. The molecule has 0 amide bonds. The topological polar surface area (TPSA) is 391 Å². The van der Waals surface area contributed by atoms with E-state index in [0.717, 1.165) is 5.56 Å². The van der Waals surface area contributed by atoms with Crippen LogP contribution in [0.3, 0.4) is 0 Å². The fourth-order valence-electron chi connectivity index (χ4n) is 6.62. The number of phenols is 1. The third-order valence-corrected chi connectivity index (χ3v) is 9.50. The first-order chi connectivity index (χ1) is 25.3. The molecule has 15 atom stereocenters. The van der Waals surface area contributed by atoms with Crippen LogP contribution in [-0.4, -0.2) is 176 Å². The van der Waals surface area contributed by atoms with Gasteiger partial charge in [-0.2, -0.15) is 0 Å². The molecule has 22 nitrogen and oxygen atoms in total. The van der Waals surface area contributed by atoms with Crippen LogP contribution in [0, 0.1) is 6.92 Å². The molecule has 0 bridgehead atoms. The Bertz CT molecular complexity index is 1640. The first-order valence-corrected chi connectivity index (χ1v) is 16.6. The number of allylic oxidation sites excluding steroid dienone is 2. The molecule has 5 rings (SSSR count). The zero-order chi connectivity index (χ0) is 40.4. The number of aromatic hydroxyl groups is 1. The second-order valence-electron chi connectivity index (χ2n) is 13.2. The van der Waals surface area contributed by atoms with E-state index in [1.807, 2.05) is 0 Å². The number of rotatable bonds is 9. The lowest BCUT2D eigenvalue weighted by atomic mass is 9.81. The molecule has 3 fully saturated rings. The second-order valence-corrected chi connectivity index (χ2v) is 13.2. The number of aldehydes is 1. The van der Waals surface area contributed by atoms with Gasteiger partial charge in [0.25, 0.3) is 0 Å². The molecule has 1 aromatic rings. The summed E-state index contributed by atoms with van der Waals surface area (Å²) >= 11 is 0. The largest absolute Gasteiger partial charge is 0.507 e. The highest BCUT2D eigenvalue weighted by atomic mass is 16.8. The Kier molecular flexibility index (Phi) is 13.5. The number of nitrogens with zero attached hydrogens (tertiary/aromatic N) is 2. The van der Waals surface area contributed by atoms with E-state index < -0.39 is 110 Å². The van der Waals surface area contributed by atoms with Crippen LogP contribution in [0.1, 0.15) is 33.2 Å². The van der Waals surface area contributed by atoms with Gasteiger partial charge in [-0.3, -0.25) is 14.4 Å². The lowest BCUT2D eigenvalue weighted by Crippen LogP contribution is -2.66. The van der Waals surface area contributed by atoms with Crippen molar-refractivity contribution in [3.63, 3.8) is 0 Å². The van der Waals surface area contributed by atoms with Crippen LogP contribution in [0.25, 0.3) is 0 Å². The van der Waals surface area contributed by atoms with E-state index in [-0.39, 0.29) is 34.7 Å². The number of carbonyl (C=O) groups is 3. The molecule has 54 heavy (non-hydrogen) atoms. The first-order valence-electron chi connectivity index (χ1n) is 16.6. The van der Waals surface area contributed by atoms with Crippen molar-refractivity contribution in [1.29, 1.82) is 0 Å². The van der Waals surface area contributed by atoms with Crippen LogP contribution in [0.4, 0.5) is 0 Å². The van der Waals surface area contributed by atoms with Gasteiger partial charge in [0.2, 0.25) is 0 Å². The Balaban J connectivity index is 0.000000385. The summed E-state index contributed by atoms with van der Waals surface area (Å²) in [7, 11) is 1.42. The first kappa shape index (κ1) is 42.6. The van der Waals surface area contributed by atoms with Crippen LogP contribution in [0.15, 0.2) is 34.3 Å². The summed E-state index contributed by atoms with van der Waals surface area (Å²) in [5, 5.41) is 86.2. The highest BCUT2D eigenvalue weighted by Gasteiger charge is 2.61. The minimum atomic E-state index is -2.38. The summed E-state index contributed by atoms with van der Waals surface area (Å²) < 4.78 is 22.9. The van der Waals surface area contributed by atoms with E-state index >= 15 is 0 Å². The second kappa shape index (κ2) is 17.1. The molecule has 2 aliphatic carbocycles. The quantitative estimate of drug-likeness (QED) is 0.0630. The number of aliphatic hydroxyl groups excluding tert-OH is 6. The van der Waals surface area contributed by atoms with Gasteiger partial charge < -0.3 is 88.1 Å². The summed E-state index contributed by atoms with van der Waals surface area (Å²) in [5.74, 6) is -1.72. The Labute approximate surface area is 307 Å². The molecule has 22 heteroatoms. The Hall–Kier alpha value is -4.17. The van der Waals surface area contributed by atoms with Gasteiger partial charge in [-0.25, -0.2) is 9.98 Å². The molecule has 2 saturated heterocycles. The Morgan fingerprint density at radius 3 is 2.07 bits per heavy atom. The van der Waals surface area contributed by atoms with Crippen molar-refractivity contribution in [3.05, 3.63) is 41.0 Å². The highest BCUT2D eigenvalue weighted by Crippen LogP contribution is 2.38. The number of aliphatic hydroxyl groups is 7. The van der Waals surface area contributed by atoms with Crippen LogP contribution >= 0.6 is 0 Å². The minimum Gasteiger partial charge on any atom is -0.507 e. The number of ketones is 2. The van der Waals surface area contributed by atoms with E-state index in [9.17, 15) is 55.2 Å². The van der Waals surface area contributed by atoms with E-state index in [1.54, 1.807) is 13.0 Å². The number of phenolic OH excluding ortho intramolecular Hbond substituents is 1. The summed E-state index contributed by atoms with van der Waals surface area (Å²) in [4.78, 5) is 42.4. The van der Waals surface area contributed by atoms with Crippen molar-refractivity contribution in [3.8, 4) is 5.75 Å². The monoisotopic (exact) mass is 769 g/mol. The van der Waals surface area contributed by atoms with Crippen molar-refractivity contribution in [1.82, 2.24) is 5.32 Å². The van der Waals surface area contributed by atoms with E-state index in [0.29, 0.717) is 0 Å². The average Bonchev–Trinajstić information content (AvgIpc) is 3.34. The smallest absolute Gasteiger partial charge is 0.190 e. The molecule has 0 aromatic heterocycles. The van der Waals surface area contributed by atoms with Crippen LogP contribution in [-0.2, 0) is 23.7 Å². The van der Waals surface area contributed by atoms with Crippen molar-refractivity contribution < 1.29 is 74.2 Å². The molecule has 1 aromatic carbocycles. The third kappa shape index (κ3) is 8.39. The number of ether oxygens (including phenoxy) is 4. The molecule has 0 radical (unpaired) electrons. The van der Waals surface area contributed by atoms with Gasteiger partial charge in [-0.15, -0.1) is 0 Å². The number of carbonyl (C=O) groups excluding carboxylic acids is 3. The average molecular weight is 770 g/mol. The molecule has 17 N–H and O–H groups in total. The molecule has 2 heterocycles. The van der Waals surface area contributed by atoms with Gasteiger partial charge in [0, 0.05) is 5.56 Å². The Morgan fingerprint density at radius 1 is 0.889 bits per heavy atom.